The van der Waals surface area contributed by atoms with E-state index in [2.05, 4.69) is 26.2 Å². The first-order valence-corrected chi connectivity index (χ1v) is 6.25. The minimum atomic E-state index is -1.13. The molecule has 0 aliphatic carbocycles. The van der Waals surface area contributed by atoms with Gasteiger partial charge in [-0.1, -0.05) is 27.5 Å². The van der Waals surface area contributed by atoms with E-state index in [4.69, 9.17) is 16.7 Å². The number of aromatic carboxylic acids is 1. The molecule has 0 radical (unpaired) electrons. The first kappa shape index (κ1) is 13.8. The largest absolute Gasteiger partial charge is 0.478 e. The van der Waals surface area contributed by atoms with E-state index in [1.54, 1.807) is 6.07 Å². The lowest BCUT2D eigenvalue weighted by Gasteiger charge is -2.09. The first-order chi connectivity index (χ1) is 8.97. The quantitative estimate of drug-likeness (QED) is 0.880. The van der Waals surface area contributed by atoms with Crippen molar-refractivity contribution in [2.24, 2.45) is 0 Å². The monoisotopic (exact) mass is 344 g/mol. The summed E-state index contributed by atoms with van der Waals surface area (Å²) in [6, 6.07) is 5.61. The molecule has 0 bridgehead atoms. The molecule has 7 heteroatoms. The van der Waals surface area contributed by atoms with Gasteiger partial charge in [0.25, 0.3) is 0 Å². The molecule has 0 aliphatic rings. The summed E-state index contributed by atoms with van der Waals surface area (Å²) < 4.78 is 14.2. The van der Waals surface area contributed by atoms with Gasteiger partial charge < -0.3 is 10.4 Å². The Kier molecular flexibility index (Phi) is 4.01. The van der Waals surface area contributed by atoms with Gasteiger partial charge in [0.05, 0.1) is 16.3 Å². The summed E-state index contributed by atoms with van der Waals surface area (Å²) in [5.41, 5.74) is 0.150. The van der Waals surface area contributed by atoms with Crippen molar-refractivity contribution in [1.82, 2.24) is 4.98 Å². The lowest BCUT2D eigenvalue weighted by atomic mass is 10.2. The van der Waals surface area contributed by atoms with E-state index in [0.29, 0.717) is 4.47 Å². The summed E-state index contributed by atoms with van der Waals surface area (Å²) in [6.45, 7) is 0. The molecule has 19 heavy (non-hydrogen) atoms. The molecular weight excluding hydrogens is 338 g/mol. The van der Waals surface area contributed by atoms with Gasteiger partial charge in [-0.25, -0.2) is 14.2 Å². The molecule has 0 saturated carbocycles. The summed E-state index contributed by atoms with van der Waals surface area (Å²) in [5, 5.41) is 11.6. The molecule has 1 heterocycles. The van der Waals surface area contributed by atoms with Gasteiger partial charge in [-0.2, -0.15) is 0 Å². The Hall–Kier alpha value is -1.66. The van der Waals surface area contributed by atoms with Crippen LogP contribution in [-0.4, -0.2) is 16.1 Å². The molecule has 1 aromatic heterocycles. The van der Waals surface area contributed by atoms with Gasteiger partial charge >= 0.3 is 5.97 Å². The number of aromatic nitrogens is 1. The number of benzene rings is 1. The van der Waals surface area contributed by atoms with Crippen LogP contribution in [0.5, 0.6) is 0 Å². The summed E-state index contributed by atoms with van der Waals surface area (Å²) in [4.78, 5) is 14.6. The second-order valence-corrected chi connectivity index (χ2v) is 4.93. The average molecular weight is 346 g/mol. The highest BCUT2D eigenvalue weighted by molar-refractivity contribution is 9.10. The maximum atomic E-state index is 13.5. The van der Waals surface area contributed by atoms with Gasteiger partial charge in [0.15, 0.2) is 0 Å². The van der Waals surface area contributed by atoms with E-state index in [0.717, 1.165) is 6.20 Å². The number of hydrogen-bond donors (Lipinski definition) is 2. The van der Waals surface area contributed by atoms with Gasteiger partial charge in [-0.05, 0) is 24.3 Å². The van der Waals surface area contributed by atoms with Gasteiger partial charge in [0.2, 0.25) is 0 Å². The molecule has 1 aromatic carbocycles. The molecule has 0 spiro atoms. The van der Waals surface area contributed by atoms with Crippen LogP contribution in [0.25, 0.3) is 0 Å². The van der Waals surface area contributed by atoms with Gasteiger partial charge in [0, 0.05) is 10.7 Å². The van der Waals surface area contributed by atoms with Crippen LogP contribution in [0.15, 0.2) is 34.9 Å². The molecule has 2 rings (SSSR count). The molecule has 0 amide bonds. The number of anilines is 2. The fourth-order valence-corrected chi connectivity index (χ4v) is 1.94. The number of hydrogen-bond acceptors (Lipinski definition) is 3. The predicted octanol–water partition coefficient (Wildman–Crippen LogP) is 4.08. The van der Waals surface area contributed by atoms with E-state index in [9.17, 15) is 9.18 Å². The highest BCUT2D eigenvalue weighted by Gasteiger charge is 2.10. The van der Waals surface area contributed by atoms with E-state index >= 15 is 0 Å². The molecule has 2 N–H and O–H groups in total. The van der Waals surface area contributed by atoms with Gasteiger partial charge in [0.1, 0.15) is 11.6 Å². The lowest BCUT2D eigenvalue weighted by molar-refractivity contribution is 0.0696. The maximum Gasteiger partial charge on any atom is 0.337 e. The Labute approximate surface area is 121 Å². The highest BCUT2D eigenvalue weighted by atomic mass is 79.9. The van der Waals surface area contributed by atoms with Crippen LogP contribution in [0.2, 0.25) is 5.02 Å². The molecule has 0 atom stereocenters. The topological polar surface area (TPSA) is 62.2 Å². The van der Waals surface area contributed by atoms with E-state index in [-0.39, 0.29) is 22.1 Å². The average Bonchev–Trinajstić information content (AvgIpc) is 2.36. The van der Waals surface area contributed by atoms with Crippen LogP contribution in [-0.2, 0) is 0 Å². The number of carboxylic acids is 1. The lowest BCUT2D eigenvalue weighted by Crippen LogP contribution is -2.01. The third kappa shape index (κ3) is 3.21. The second-order valence-electron chi connectivity index (χ2n) is 3.61. The van der Waals surface area contributed by atoms with Crippen molar-refractivity contribution >= 4 is 45.0 Å². The first-order valence-electron chi connectivity index (χ1n) is 5.08. The van der Waals surface area contributed by atoms with Crippen molar-refractivity contribution in [3.63, 3.8) is 0 Å². The molecule has 98 valence electrons. The Morgan fingerprint density at radius 3 is 2.79 bits per heavy atom. The molecule has 0 saturated heterocycles. The Morgan fingerprint density at radius 2 is 2.16 bits per heavy atom. The minimum absolute atomic E-state index is 0.0368. The molecule has 0 aliphatic heterocycles. The number of rotatable bonds is 3. The summed E-state index contributed by atoms with van der Waals surface area (Å²) >= 11 is 9.11. The predicted molar refractivity (Wildman–Crippen MR) is 73.6 cm³/mol. The second kappa shape index (κ2) is 5.54. The van der Waals surface area contributed by atoms with Crippen LogP contribution in [0.3, 0.4) is 0 Å². The zero-order valence-electron chi connectivity index (χ0n) is 9.32. The normalized spacial score (nSPS) is 10.3. The van der Waals surface area contributed by atoms with Crippen molar-refractivity contribution in [2.45, 2.75) is 0 Å². The minimum Gasteiger partial charge on any atom is -0.478 e. The van der Waals surface area contributed by atoms with Crippen molar-refractivity contribution in [1.29, 1.82) is 0 Å². The number of nitrogens with zero attached hydrogens (tertiary/aromatic N) is 1. The fraction of sp³-hybridized carbons (Fsp3) is 0. The zero-order valence-corrected chi connectivity index (χ0v) is 11.7. The third-order valence-corrected chi connectivity index (χ3v) is 3.05. The Balaban J connectivity index is 2.33. The van der Waals surface area contributed by atoms with Crippen LogP contribution >= 0.6 is 27.5 Å². The van der Waals surface area contributed by atoms with Gasteiger partial charge in [-0.15, -0.1) is 0 Å². The molecular formula is C12H7BrClFN2O2. The third-order valence-electron chi connectivity index (χ3n) is 2.27. The van der Waals surface area contributed by atoms with Crippen molar-refractivity contribution < 1.29 is 14.3 Å². The number of carboxylic acid groups (broad SMARTS) is 1. The van der Waals surface area contributed by atoms with E-state index in [1.165, 1.54) is 18.2 Å². The van der Waals surface area contributed by atoms with Crippen molar-refractivity contribution in [3.05, 3.63) is 51.3 Å². The Morgan fingerprint density at radius 1 is 1.42 bits per heavy atom. The molecule has 4 nitrogen and oxygen atoms in total. The van der Waals surface area contributed by atoms with Crippen molar-refractivity contribution in [3.8, 4) is 0 Å². The van der Waals surface area contributed by atoms with Crippen molar-refractivity contribution in [2.75, 3.05) is 5.32 Å². The van der Waals surface area contributed by atoms with Crippen LogP contribution in [0.1, 0.15) is 10.4 Å². The fourth-order valence-electron chi connectivity index (χ4n) is 1.37. The summed E-state index contributed by atoms with van der Waals surface area (Å²) in [6.07, 6.45) is 1.15. The van der Waals surface area contributed by atoms with Gasteiger partial charge in [-0.3, -0.25) is 0 Å². The summed E-state index contributed by atoms with van der Waals surface area (Å²) in [7, 11) is 0. The van der Waals surface area contributed by atoms with Crippen LogP contribution in [0.4, 0.5) is 15.9 Å². The van der Waals surface area contributed by atoms with Crippen LogP contribution < -0.4 is 5.32 Å². The Bertz CT molecular complexity index is 652. The summed E-state index contributed by atoms with van der Waals surface area (Å²) in [5.74, 6) is -1.42. The number of nitrogens with one attached hydrogen (secondary N) is 1. The highest BCUT2D eigenvalue weighted by Crippen LogP contribution is 2.27. The SMILES string of the molecule is O=C(O)c1cnc(Nc2cc(Br)ccc2F)c(Cl)c1. The number of halogens is 3. The number of carbonyl (C=O) groups is 1. The maximum absolute atomic E-state index is 13.5. The standard InChI is InChI=1S/C12H7BrClFN2O2/c13-7-1-2-9(15)10(4-7)17-11-8(14)3-6(5-16-11)12(18)19/h1-5H,(H,16,17)(H,18,19). The van der Waals surface area contributed by atoms with Crippen LogP contribution in [0, 0.1) is 5.82 Å². The van der Waals surface area contributed by atoms with E-state index < -0.39 is 11.8 Å². The zero-order chi connectivity index (χ0) is 14.0. The molecule has 0 unspecified atom stereocenters. The molecule has 2 aromatic rings. The van der Waals surface area contributed by atoms with E-state index in [1.807, 2.05) is 0 Å². The number of pyridine rings is 1. The smallest absolute Gasteiger partial charge is 0.337 e. The molecule has 0 fully saturated rings.